The summed E-state index contributed by atoms with van der Waals surface area (Å²) in [6.45, 7) is 1.88. The van der Waals surface area contributed by atoms with E-state index in [1.807, 2.05) is 43.3 Å². The third kappa shape index (κ3) is 4.44. The van der Waals surface area contributed by atoms with Gasteiger partial charge in [0.15, 0.2) is 5.16 Å². The van der Waals surface area contributed by atoms with Gasteiger partial charge in [-0.15, -0.1) is 0 Å². The third-order valence-electron chi connectivity index (χ3n) is 4.54. The summed E-state index contributed by atoms with van der Waals surface area (Å²) in [6.07, 6.45) is 0.538. The molecule has 6 heteroatoms. The first-order valence-corrected chi connectivity index (χ1v) is 9.81. The molecule has 0 radical (unpaired) electrons. The van der Waals surface area contributed by atoms with E-state index in [0.717, 1.165) is 22.6 Å². The Hall–Kier alpha value is -3.04. The van der Waals surface area contributed by atoms with Gasteiger partial charge in [0.05, 0.1) is 18.7 Å². The lowest BCUT2D eigenvalue weighted by atomic mass is 10.1. The average molecular weight is 391 g/mol. The smallest absolute Gasteiger partial charge is 0.257 e. The second kappa shape index (κ2) is 8.77. The molecule has 0 amide bonds. The van der Waals surface area contributed by atoms with E-state index in [2.05, 4.69) is 11.1 Å². The number of aryl methyl sites for hydroxylation is 1. The zero-order chi connectivity index (χ0) is 20.1. The molecule has 0 aliphatic rings. The molecule has 1 heterocycles. The van der Waals surface area contributed by atoms with Crippen LogP contribution in [-0.4, -0.2) is 16.7 Å². The van der Waals surface area contributed by atoms with Crippen LogP contribution in [0.25, 0.3) is 0 Å². The van der Waals surface area contributed by atoms with Crippen LogP contribution in [0, 0.1) is 18.3 Å². The van der Waals surface area contributed by atoms with Crippen LogP contribution in [0.2, 0.25) is 0 Å². The number of hydrogen-bond donors (Lipinski definition) is 0. The van der Waals surface area contributed by atoms with E-state index in [0.29, 0.717) is 28.5 Å². The fourth-order valence-corrected chi connectivity index (χ4v) is 3.80. The van der Waals surface area contributed by atoms with Crippen molar-refractivity contribution in [2.75, 3.05) is 7.11 Å². The van der Waals surface area contributed by atoms with E-state index in [9.17, 15) is 4.79 Å². The highest BCUT2D eigenvalue weighted by Gasteiger charge is 2.13. The maximum atomic E-state index is 12.9. The molecule has 1 aromatic heterocycles. The molecule has 28 heavy (non-hydrogen) atoms. The van der Waals surface area contributed by atoms with Gasteiger partial charge in [-0.25, -0.2) is 4.98 Å². The molecule has 0 spiro atoms. The lowest BCUT2D eigenvalue weighted by Gasteiger charge is -2.12. The molecule has 0 bridgehead atoms. The number of ether oxygens (including phenoxy) is 1. The van der Waals surface area contributed by atoms with Gasteiger partial charge in [-0.3, -0.25) is 9.36 Å². The van der Waals surface area contributed by atoms with Crippen LogP contribution in [0.1, 0.15) is 27.9 Å². The number of hydrogen-bond acceptors (Lipinski definition) is 5. The second-order valence-corrected chi connectivity index (χ2v) is 7.39. The van der Waals surface area contributed by atoms with E-state index in [1.165, 1.54) is 11.8 Å². The maximum absolute atomic E-state index is 12.9. The Kier molecular flexibility index (Phi) is 6.17. The van der Waals surface area contributed by atoms with E-state index >= 15 is 0 Å². The van der Waals surface area contributed by atoms with Gasteiger partial charge in [0.1, 0.15) is 5.75 Å². The Bertz CT molecular complexity index is 1070. The van der Waals surface area contributed by atoms with Gasteiger partial charge in [0.2, 0.25) is 0 Å². The van der Waals surface area contributed by atoms with Crippen molar-refractivity contribution in [3.05, 3.63) is 86.8 Å². The number of aromatic nitrogens is 2. The number of nitrogens with zero attached hydrogens (tertiary/aromatic N) is 3. The van der Waals surface area contributed by atoms with Crippen molar-refractivity contribution < 1.29 is 4.74 Å². The van der Waals surface area contributed by atoms with Gasteiger partial charge in [-0.05, 0) is 42.3 Å². The minimum absolute atomic E-state index is 0.0225. The minimum Gasteiger partial charge on any atom is -0.497 e. The molecule has 3 rings (SSSR count). The Balaban J connectivity index is 1.79. The Morgan fingerprint density at radius 2 is 1.75 bits per heavy atom. The number of thioether (sulfide) groups is 1. The molecular weight excluding hydrogens is 370 g/mol. The summed E-state index contributed by atoms with van der Waals surface area (Å²) in [5.41, 5.74) is 4.19. The Morgan fingerprint density at radius 3 is 2.36 bits per heavy atom. The summed E-state index contributed by atoms with van der Waals surface area (Å²) in [5.74, 6) is 1.48. The summed E-state index contributed by atoms with van der Waals surface area (Å²) in [7, 11) is 3.39. The lowest BCUT2D eigenvalue weighted by Crippen LogP contribution is -2.25. The Morgan fingerprint density at radius 1 is 1.11 bits per heavy atom. The SMILES string of the molecule is COc1ccc(Cc2c(C)nc(SCc3ccc(C#N)cc3)n(C)c2=O)cc1. The molecule has 0 atom stereocenters. The first-order valence-electron chi connectivity index (χ1n) is 8.83. The predicted molar refractivity (Wildman–Crippen MR) is 111 cm³/mol. The van der Waals surface area contributed by atoms with Gasteiger partial charge in [0, 0.05) is 30.5 Å². The van der Waals surface area contributed by atoms with Crippen LogP contribution < -0.4 is 10.3 Å². The van der Waals surface area contributed by atoms with E-state index < -0.39 is 0 Å². The van der Waals surface area contributed by atoms with Crippen LogP contribution >= 0.6 is 11.8 Å². The molecule has 142 valence electrons. The second-order valence-electron chi connectivity index (χ2n) is 6.44. The number of rotatable bonds is 6. The molecule has 2 aromatic carbocycles. The van der Waals surface area contributed by atoms with Crippen molar-refractivity contribution in [2.24, 2.45) is 7.05 Å². The number of methoxy groups -OCH3 is 1. The van der Waals surface area contributed by atoms with Crippen molar-refractivity contribution in [3.63, 3.8) is 0 Å². The van der Waals surface area contributed by atoms with E-state index in [1.54, 1.807) is 30.9 Å². The topological polar surface area (TPSA) is 67.9 Å². The van der Waals surface area contributed by atoms with Crippen molar-refractivity contribution in [1.29, 1.82) is 5.26 Å². The van der Waals surface area contributed by atoms with Crippen LogP contribution in [0.5, 0.6) is 5.75 Å². The van der Waals surface area contributed by atoms with Crippen LogP contribution in [0.3, 0.4) is 0 Å². The van der Waals surface area contributed by atoms with Crippen LogP contribution in [0.15, 0.2) is 58.5 Å². The zero-order valence-corrected chi connectivity index (χ0v) is 16.9. The van der Waals surface area contributed by atoms with E-state index in [-0.39, 0.29) is 5.56 Å². The molecule has 0 aliphatic carbocycles. The van der Waals surface area contributed by atoms with Crippen molar-refractivity contribution >= 4 is 11.8 Å². The molecule has 0 fully saturated rings. The van der Waals surface area contributed by atoms with Crippen molar-refractivity contribution in [1.82, 2.24) is 9.55 Å². The standard InChI is InChI=1S/C22H21N3O2S/c1-15-20(12-16-8-10-19(27-3)11-9-16)21(26)25(2)22(24-15)28-14-18-6-4-17(13-23)5-7-18/h4-11H,12,14H2,1-3H3. The molecule has 0 N–H and O–H groups in total. The molecule has 0 saturated carbocycles. The normalized spacial score (nSPS) is 10.5. The first-order chi connectivity index (χ1) is 13.5. The fourth-order valence-electron chi connectivity index (χ4n) is 2.83. The summed E-state index contributed by atoms with van der Waals surface area (Å²) >= 11 is 1.51. The largest absolute Gasteiger partial charge is 0.497 e. The minimum atomic E-state index is -0.0225. The highest BCUT2D eigenvalue weighted by Crippen LogP contribution is 2.22. The molecule has 3 aromatic rings. The molecule has 5 nitrogen and oxygen atoms in total. The lowest BCUT2D eigenvalue weighted by molar-refractivity contribution is 0.414. The predicted octanol–water partition coefficient (Wildman–Crippen LogP) is 3.85. The highest BCUT2D eigenvalue weighted by molar-refractivity contribution is 7.98. The van der Waals surface area contributed by atoms with Crippen molar-refractivity contribution in [3.8, 4) is 11.8 Å². The Labute approximate surface area is 168 Å². The van der Waals surface area contributed by atoms with Crippen LogP contribution in [0.4, 0.5) is 0 Å². The average Bonchev–Trinajstić information content (AvgIpc) is 2.73. The summed E-state index contributed by atoms with van der Waals surface area (Å²) in [4.78, 5) is 17.5. The summed E-state index contributed by atoms with van der Waals surface area (Å²) in [5, 5.41) is 9.57. The highest BCUT2D eigenvalue weighted by atomic mass is 32.2. The van der Waals surface area contributed by atoms with Crippen LogP contribution in [-0.2, 0) is 19.2 Å². The number of benzene rings is 2. The van der Waals surface area contributed by atoms with Gasteiger partial charge in [-0.1, -0.05) is 36.0 Å². The first kappa shape index (κ1) is 19.7. The number of nitriles is 1. The van der Waals surface area contributed by atoms with E-state index in [4.69, 9.17) is 10.00 Å². The summed E-state index contributed by atoms with van der Waals surface area (Å²) < 4.78 is 6.79. The molecule has 0 unspecified atom stereocenters. The molecular formula is C22H21N3O2S. The molecule has 0 saturated heterocycles. The summed E-state index contributed by atoms with van der Waals surface area (Å²) in [6, 6.07) is 17.3. The fraction of sp³-hybridized carbons (Fsp3) is 0.227. The van der Waals surface area contributed by atoms with Gasteiger partial charge in [0.25, 0.3) is 5.56 Å². The van der Waals surface area contributed by atoms with Gasteiger partial charge >= 0.3 is 0 Å². The molecule has 0 aliphatic heterocycles. The van der Waals surface area contributed by atoms with Gasteiger partial charge in [-0.2, -0.15) is 5.26 Å². The van der Waals surface area contributed by atoms with Gasteiger partial charge < -0.3 is 4.74 Å². The monoisotopic (exact) mass is 391 g/mol. The zero-order valence-electron chi connectivity index (χ0n) is 16.1. The quantitative estimate of drug-likeness (QED) is 0.472. The maximum Gasteiger partial charge on any atom is 0.257 e. The van der Waals surface area contributed by atoms with Crippen molar-refractivity contribution in [2.45, 2.75) is 24.3 Å². The third-order valence-corrected chi connectivity index (χ3v) is 5.64.